The van der Waals surface area contributed by atoms with E-state index < -0.39 is 0 Å². The minimum atomic E-state index is 0.244. The van der Waals surface area contributed by atoms with Crippen molar-refractivity contribution in [3.05, 3.63) is 42.2 Å². The molecular formula is C17H21N7. The zero-order valence-corrected chi connectivity index (χ0v) is 13.9. The number of nitrogens with zero attached hydrogens (tertiary/aromatic N) is 5. The van der Waals surface area contributed by atoms with E-state index in [1.165, 1.54) is 5.56 Å². The van der Waals surface area contributed by atoms with Crippen molar-refractivity contribution in [2.24, 2.45) is 0 Å². The predicted molar refractivity (Wildman–Crippen MR) is 95.4 cm³/mol. The molecule has 7 nitrogen and oxygen atoms in total. The molecule has 2 N–H and O–H groups in total. The number of aromatic nitrogens is 4. The molecular weight excluding hydrogens is 302 g/mol. The Balaban J connectivity index is 1.74. The van der Waals surface area contributed by atoms with Gasteiger partial charge in [-0.05, 0) is 12.1 Å². The molecule has 7 heteroatoms. The van der Waals surface area contributed by atoms with Gasteiger partial charge in [0.15, 0.2) is 0 Å². The molecule has 0 bridgehead atoms. The third kappa shape index (κ3) is 2.67. The van der Waals surface area contributed by atoms with Crippen LogP contribution >= 0.6 is 0 Å². The van der Waals surface area contributed by atoms with Crippen molar-refractivity contribution < 1.29 is 0 Å². The zero-order chi connectivity index (χ0) is 16.5. The van der Waals surface area contributed by atoms with Gasteiger partial charge in [-0.2, -0.15) is 10.1 Å². The van der Waals surface area contributed by atoms with Crippen LogP contribution in [0.3, 0.4) is 0 Å². The van der Waals surface area contributed by atoms with E-state index in [-0.39, 0.29) is 6.04 Å². The molecule has 4 rings (SSSR count). The summed E-state index contributed by atoms with van der Waals surface area (Å²) >= 11 is 0. The molecule has 0 amide bonds. The lowest BCUT2D eigenvalue weighted by Crippen LogP contribution is -2.46. The first-order valence-electron chi connectivity index (χ1n) is 8.13. The summed E-state index contributed by atoms with van der Waals surface area (Å²) < 4.78 is 0. The molecule has 1 aliphatic rings. The maximum atomic E-state index is 4.83. The Labute approximate surface area is 140 Å². The van der Waals surface area contributed by atoms with E-state index in [2.05, 4.69) is 31.5 Å². The number of fused-ring (bicyclic) bond motifs is 1. The van der Waals surface area contributed by atoms with Crippen LogP contribution in [0.4, 0.5) is 11.8 Å². The van der Waals surface area contributed by atoms with Crippen LogP contribution in [0, 0.1) is 0 Å². The highest BCUT2D eigenvalue weighted by atomic mass is 15.3. The summed E-state index contributed by atoms with van der Waals surface area (Å²) in [6, 6.07) is 8.45. The number of piperazine rings is 1. The lowest BCUT2D eigenvalue weighted by Gasteiger charge is -2.35. The Bertz CT molecular complexity index is 828. The summed E-state index contributed by atoms with van der Waals surface area (Å²) in [5.41, 5.74) is 2.15. The smallest absolute Gasteiger partial charge is 0.227 e. The minimum Gasteiger partial charge on any atom is -0.353 e. The molecule has 24 heavy (non-hydrogen) atoms. The predicted octanol–water partition coefficient (Wildman–Crippen LogP) is 1.57. The van der Waals surface area contributed by atoms with Crippen molar-refractivity contribution in [2.45, 2.75) is 6.04 Å². The number of rotatable bonds is 3. The largest absolute Gasteiger partial charge is 0.353 e. The second kappa shape index (κ2) is 6.09. The van der Waals surface area contributed by atoms with Crippen LogP contribution in [0.5, 0.6) is 0 Å². The number of anilines is 2. The van der Waals surface area contributed by atoms with Gasteiger partial charge in [0.25, 0.3) is 0 Å². The zero-order valence-electron chi connectivity index (χ0n) is 13.9. The van der Waals surface area contributed by atoms with Crippen molar-refractivity contribution in [1.82, 2.24) is 25.5 Å². The van der Waals surface area contributed by atoms with Crippen molar-refractivity contribution in [3.63, 3.8) is 0 Å². The maximum Gasteiger partial charge on any atom is 0.227 e. The third-order valence-corrected chi connectivity index (χ3v) is 4.37. The Kier molecular flexibility index (Phi) is 3.78. The Morgan fingerprint density at radius 3 is 2.88 bits per heavy atom. The monoisotopic (exact) mass is 323 g/mol. The molecule has 3 aromatic rings. The molecule has 0 spiro atoms. The van der Waals surface area contributed by atoms with Gasteiger partial charge in [0.1, 0.15) is 5.82 Å². The lowest BCUT2D eigenvalue weighted by molar-refractivity contribution is 0.470. The van der Waals surface area contributed by atoms with Gasteiger partial charge in [-0.3, -0.25) is 5.10 Å². The SMILES string of the molecule is CN(C)c1nc(N2CCNC(c3cn[nH]c3)C2)c2ccccc2n1. The summed E-state index contributed by atoms with van der Waals surface area (Å²) in [6.45, 7) is 2.68. The summed E-state index contributed by atoms with van der Waals surface area (Å²) in [6.07, 6.45) is 3.83. The van der Waals surface area contributed by atoms with E-state index in [0.717, 1.165) is 42.3 Å². The molecule has 0 aliphatic carbocycles. The van der Waals surface area contributed by atoms with Crippen molar-refractivity contribution in [3.8, 4) is 0 Å². The number of para-hydroxylation sites is 1. The van der Waals surface area contributed by atoms with Gasteiger partial charge in [-0.15, -0.1) is 0 Å². The van der Waals surface area contributed by atoms with Crippen molar-refractivity contribution in [2.75, 3.05) is 43.5 Å². The van der Waals surface area contributed by atoms with Gasteiger partial charge in [0.05, 0.1) is 17.8 Å². The van der Waals surface area contributed by atoms with Crippen molar-refractivity contribution >= 4 is 22.7 Å². The number of benzene rings is 1. The quantitative estimate of drug-likeness (QED) is 0.762. The molecule has 0 radical (unpaired) electrons. The van der Waals surface area contributed by atoms with E-state index in [1.807, 2.05) is 49.6 Å². The summed E-state index contributed by atoms with van der Waals surface area (Å²) in [4.78, 5) is 13.8. The second-order valence-corrected chi connectivity index (χ2v) is 6.24. The topological polar surface area (TPSA) is 73.0 Å². The molecule has 2 aromatic heterocycles. The molecule has 1 saturated heterocycles. The van der Waals surface area contributed by atoms with Crippen LogP contribution in [0.1, 0.15) is 11.6 Å². The molecule has 1 aliphatic heterocycles. The molecule has 1 unspecified atom stereocenters. The van der Waals surface area contributed by atoms with E-state index in [4.69, 9.17) is 4.98 Å². The van der Waals surface area contributed by atoms with Crippen molar-refractivity contribution in [1.29, 1.82) is 0 Å². The van der Waals surface area contributed by atoms with Crippen LogP contribution in [-0.4, -0.2) is 53.9 Å². The number of hydrogen-bond donors (Lipinski definition) is 2. The first kappa shape index (κ1) is 14.9. The molecule has 1 atom stereocenters. The number of aromatic amines is 1. The maximum absolute atomic E-state index is 4.83. The van der Waals surface area contributed by atoms with Gasteiger partial charge >= 0.3 is 0 Å². The molecule has 1 fully saturated rings. The van der Waals surface area contributed by atoms with Crippen LogP contribution in [0.15, 0.2) is 36.7 Å². The Morgan fingerprint density at radius 1 is 1.21 bits per heavy atom. The van der Waals surface area contributed by atoms with Gasteiger partial charge in [-0.1, -0.05) is 12.1 Å². The minimum absolute atomic E-state index is 0.244. The van der Waals surface area contributed by atoms with Crippen LogP contribution in [0.2, 0.25) is 0 Å². The highest BCUT2D eigenvalue weighted by Gasteiger charge is 2.24. The standard InChI is InChI=1S/C17H21N7/c1-23(2)17-21-14-6-4-3-5-13(14)16(22-17)24-8-7-18-15(11-24)12-9-19-20-10-12/h3-6,9-10,15,18H,7-8,11H2,1-2H3,(H,19,20). The highest BCUT2D eigenvalue weighted by molar-refractivity contribution is 5.90. The Morgan fingerprint density at radius 2 is 2.08 bits per heavy atom. The fourth-order valence-electron chi connectivity index (χ4n) is 3.11. The van der Waals surface area contributed by atoms with Crippen LogP contribution < -0.4 is 15.1 Å². The fraction of sp³-hybridized carbons (Fsp3) is 0.353. The summed E-state index contributed by atoms with van der Waals surface area (Å²) in [5.74, 6) is 1.74. The van der Waals surface area contributed by atoms with E-state index in [9.17, 15) is 0 Å². The summed E-state index contributed by atoms with van der Waals surface area (Å²) in [7, 11) is 3.94. The van der Waals surface area contributed by atoms with E-state index in [1.54, 1.807) is 0 Å². The third-order valence-electron chi connectivity index (χ3n) is 4.37. The van der Waals surface area contributed by atoms with Crippen LogP contribution in [0.25, 0.3) is 10.9 Å². The van der Waals surface area contributed by atoms with E-state index >= 15 is 0 Å². The first-order valence-corrected chi connectivity index (χ1v) is 8.13. The molecule has 0 saturated carbocycles. The number of hydrogen-bond acceptors (Lipinski definition) is 6. The van der Waals surface area contributed by atoms with Gasteiger partial charge in [0, 0.05) is 50.9 Å². The van der Waals surface area contributed by atoms with Gasteiger partial charge in [-0.25, -0.2) is 4.98 Å². The number of nitrogens with one attached hydrogen (secondary N) is 2. The van der Waals surface area contributed by atoms with E-state index in [0.29, 0.717) is 0 Å². The fourth-order valence-corrected chi connectivity index (χ4v) is 3.11. The Hall–Kier alpha value is -2.67. The summed E-state index contributed by atoms with van der Waals surface area (Å²) in [5, 5.41) is 11.6. The average molecular weight is 323 g/mol. The molecule has 124 valence electrons. The average Bonchev–Trinajstić information content (AvgIpc) is 3.15. The highest BCUT2D eigenvalue weighted by Crippen LogP contribution is 2.28. The molecule has 1 aromatic carbocycles. The van der Waals surface area contributed by atoms with Crippen LogP contribution in [-0.2, 0) is 0 Å². The second-order valence-electron chi connectivity index (χ2n) is 6.24. The number of H-pyrrole nitrogens is 1. The van der Waals surface area contributed by atoms with Gasteiger partial charge < -0.3 is 15.1 Å². The normalized spacial score (nSPS) is 18.1. The van der Waals surface area contributed by atoms with Gasteiger partial charge in [0.2, 0.25) is 5.95 Å². The lowest BCUT2D eigenvalue weighted by atomic mass is 10.1. The molecule has 3 heterocycles. The first-order chi connectivity index (χ1) is 11.7.